The standard InChI is InChI=1S/C6H7NO3/c8-4-5-2-1-3-6(9)7(5)10/h1-3,8,10H,4H2. The fourth-order valence-electron chi connectivity index (χ4n) is 0.644. The Morgan fingerprint density at radius 3 is 2.70 bits per heavy atom. The molecule has 0 saturated heterocycles. The molecule has 1 rings (SSSR count). The Labute approximate surface area is 56.9 Å². The summed E-state index contributed by atoms with van der Waals surface area (Å²) in [4.78, 5) is 10.6. The van der Waals surface area contributed by atoms with Crippen LogP contribution in [-0.2, 0) is 6.61 Å². The molecule has 0 atom stereocenters. The van der Waals surface area contributed by atoms with Crippen molar-refractivity contribution in [3.05, 3.63) is 34.2 Å². The molecule has 0 spiro atoms. The number of hydrogen-bond acceptors (Lipinski definition) is 3. The van der Waals surface area contributed by atoms with Crippen molar-refractivity contribution in [2.75, 3.05) is 0 Å². The van der Waals surface area contributed by atoms with Crippen molar-refractivity contribution in [3.8, 4) is 0 Å². The average molecular weight is 141 g/mol. The topological polar surface area (TPSA) is 62.5 Å². The zero-order chi connectivity index (χ0) is 7.56. The fraction of sp³-hybridized carbons (Fsp3) is 0.167. The Morgan fingerprint density at radius 2 is 2.20 bits per heavy atom. The zero-order valence-electron chi connectivity index (χ0n) is 5.19. The summed E-state index contributed by atoms with van der Waals surface area (Å²) in [5, 5.41) is 17.4. The van der Waals surface area contributed by atoms with Crippen LogP contribution in [0.5, 0.6) is 0 Å². The van der Waals surface area contributed by atoms with Crippen LogP contribution in [0.2, 0.25) is 0 Å². The third kappa shape index (κ3) is 1.01. The first-order valence-electron chi connectivity index (χ1n) is 2.77. The van der Waals surface area contributed by atoms with E-state index in [1.807, 2.05) is 0 Å². The molecule has 1 aromatic rings. The summed E-state index contributed by atoms with van der Waals surface area (Å²) in [6, 6.07) is 4.14. The molecule has 4 nitrogen and oxygen atoms in total. The molecular weight excluding hydrogens is 134 g/mol. The maximum atomic E-state index is 10.6. The van der Waals surface area contributed by atoms with Crippen molar-refractivity contribution in [1.82, 2.24) is 4.73 Å². The van der Waals surface area contributed by atoms with Crippen LogP contribution in [0, 0.1) is 0 Å². The zero-order valence-corrected chi connectivity index (χ0v) is 5.19. The highest BCUT2D eigenvalue weighted by Crippen LogP contribution is 1.90. The molecule has 54 valence electrons. The molecule has 0 saturated carbocycles. The molecule has 4 heteroatoms. The molecule has 0 radical (unpaired) electrons. The van der Waals surface area contributed by atoms with Crippen LogP contribution in [0.25, 0.3) is 0 Å². The molecule has 0 aliphatic heterocycles. The molecule has 0 aliphatic carbocycles. The van der Waals surface area contributed by atoms with Crippen LogP contribution in [0.1, 0.15) is 5.69 Å². The van der Waals surface area contributed by atoms with E-state index >= 15 is 0 Å². The van der Waals surface area contributed by atoms with Crippen molar-refractivity contribution < 1.29 is 10.3 Å². The lowest BCUT2D eigenvalue weighted by Crippen LogP contribution is -2.19. The van der Waals surface area contributed by atoms with Gasteiger partial charge in [0.1, 0.15) is 0 Å². The minimum Gasteiger partial charge on any atom is -0.425 e. The predicted octanol–water partition coefficient (Wildman–Crippen LogP) is -0.422. The van der Waals surface area contributed by atoms with Gasteiger partial charge in [-0.25, -0.2) is 0 Å². The maximum Gasteiger partial charge on any atom is 0.283 e. The summed E-state index contributed by atoms with van der Waals surface area (Å²) >= 11 is 0. The highest BCUT2D eigenvalue weighted by Gasteiger charge is 1.96. The normalized spacial score (nSPS) is 9.70. The molecule has 0 unspecified atom stereocenters. The fourth-order valence-corrected chi connectivity index (χ4v) is 0.644. The summed E-state index contributed by atoms with van der Waals surface area (Å²) in [6.45, 7) is -0.341. The average Bonchev–Trinajstić information content (AvgIpc) is 1.95. The summed E-state index contributed by atoms with van der Waals surface area (Å²) in [7, 11) is 0. The molecule has 10 heavy (non-hydrogen) atoms. The number of aliphatic hydroxyl groups excluding tert-OH is 1. The smallest absolute Gasteiger partial charge is 0.283 e. The van der Waals surface area contributed by atoms with Gasteiger partial charge in [-0.2, -0.15) is 4.73 Å². The SMILES string of the molecule is O=c1cccc(CO)n1O. The van der Waals surface area contributed by atoms with E-state index in [4.69, 9.17) is 10.3 Å². The summed E-state index contributed by atoms with van der Waals surface area (Å²) < 4.78 is 0.417. The van der Waals surface area contributed by atoms with Crippen LogP contribution in [0.3, 0.4) is 0 Å². The molecule has 1 aromatic heterocycles. The van der Waals surface area contributed by atoms with Gasteiger partial charge in [0.15, 0.2) is 0 Å². The third-order valence-electron chi connectivity index (χ3n) is 1.17. The second-order valence-corrected chi connectivity index (χ2v) is 1.83. The van der Waals surface area contributed by atoms with Crippen LogP contribution in [0.15, 0.2) is 23.0 Å². The number of hydrogen-bond donors (Lipinski definition) is 2. The van der Waals surface area contributed by atoms with E-state index in [1.165, 1.54) is 18.2 Å². The lowest BCUT2D eigenvalue weighted by atomic mass is 10.4. The molecule has 2 N–H and O–H groups in total. The molecule has 0 fully saturated rings. The van der Waals surface area contributed by atoms with Gasteiger partial charge in [0, 0.05) is 6.07 Å². The first-order valence-corrected chi connectivity index (χ1v) is 2.77. The van der Waals surface area contributed by atoms with E-state index in [-0.39, 0.29) is 12.3 Å². The first-order chi connectivity index (χ1) is 4.75. The van der Waals surface area contributed by atoms with Gasteiger partial charge >= 0.3 is 0 Å². The van der Waals surface area contributed by atoms with Crippen molar-refractivity contribution in [1.29, 1.82) is 0 Å². The van der Waals surface area contributed by atoms with Gasteiger partial charge in [0.25, 0.3) is 5.56 Å². The highest BCUT2D eigenvalue weighted by atomic mass is 16.5. The van der Waals surface area contributed by atoms with Gasteiger partial charge in [-0.15, -0.1) is 0 Å². The minimum absolute atomic E-state index is 0.188. The van der Waals surface area contributed by atoms with Gasteiger partial charge in [0.2, 0.25) is 0 Å². The van der Waals surface area contributed by atoms with Crippen LogP contribution >= 0.6 is 0 Å². The Balaban J connectivity index is 3.28. The van der Waals surface area contributed by atoms with Gasteiger partial charge in [-0.1, -0.05) is 6.07 Å². The van der Waals surface area contributed by atoms with E-state index in [0.29, 0.717) is 4.73 Å². The van der Waals surface area contributed by atoms with Crippen molar-refractivity contribution in [3.63, 3.8) is 0 Å². The lowest BCUT2D eigenvalue weighted by Gasteiger charge is -1.99. The summed E-state index contributed by atoms with van der Waals surface area (Å²) in [5.74, 6) is 0. The molecular formula is C6H7NO3. The third-order valence-corrected chi connectivity index (χ3v) is 1.17. The largest absolute Gasteiger partial charge is 0.425 e. The van der Waals surface area contributed by atoms with Gasteiger partial charge < -0.3 is 10.3 Å². The Morgan fingerprint density at radius 1 is 1.50 bits per heavy atom. The second-order valence-electron chi connectivity index (χ2n) is 1.83. The molecule has 0 aromatic carbocycles. The van der Waals surface area contributed by atoms with Crippen LogP contribution < -0.4 is 5.56 Å². The first kappa shape index (κ1) is 6.82. The lowest BCUT2D eigenvalue weighted by molar-refractivity contribution is 0.143. The minimum atomic E-state index is -0.536. The number of aromatic nitrogens is 1. The predicted molar refractivity (Wildman–Crippen MR) is 33.8 cm³/mol. The van der Waals surface area contributed by atoms with Crippen LogP contribution in [0.4, 0.5) is 0 Å². The Kier molecular flexibility index (Phi) is 1.73. The second kappa shape index (κ2) is 2.53. The van der Waals surface area contributed by atoms with E-state index in [0.717, 1.165) is 0 Å². The van der Waals surface area contributed by atoms with E-state index in [1.54, 1.807) is 0 Å². The highest BCUT2D eigenvalue weighted by molar-refractivity contribution is 5.03. The quantitative estimate of drug-likeness (QED) is 0.522. The van der Waals surface area contributed by atoms with E-state index in [2.05, 4.69) is 0 Å². The molecule has 0 aliphatic rings. The van der Waals surface area contributed by atoms with Gasteiger partial charge in [-0.05, 0) is 6.07 Å². The van der Waals surface area contributed by atoms with Crippen LogP contribution in [-0.4, -0.2) is 15.0 Å². The Bertz CT molecular complexity index is 279. The van der Waals surface area contributed by atoms with Gasteiger partial charge in [0.05, 0.1) is 12.3 Å². The Hall–Kier alpha value is -1.29. The number of aliphatic hydroxyl groups is 1. The number of nitrogens with zero attached hydrogens (tertiary/aromatic N) is 1. The van der Waals surface area contributed by atoms with Gasteiger partial charge in [-0.3, -0.25) is 4.79 Å². The number of rotatable bonds is 1. The summed E-state index contributed by atoms with van der Waals surface area (Å²) in [6.07, 6.45) is 0. The van der Waals surface area contributed by atoms with E-state index < -0.39 is 5.56 Å². The summed E-state index contributed by atoms with van der Waals surface area (Å²) in [5.41, 5.74) is -0.348. The monoisotopic (exact) mass is 141 g/mol. The van der Waals surface area contributed by atoms with E-state index in [9.17, 15) is 4.79 Å². The van der Waals surface area contributed by atoms with Crippen molar-refractivity contribution in [2.24, 2.45) is 0 Å². The maximum absolute atomic E-state index is 10.6. The number of pyridine rings is 1. The molecule has 1 heterocycles. The molecule has 0 bridgehead atoms. The van der Waals surface area contributed by atoms with Crippen molar-refractivity contribution >= 4 is 0 Å². The molecule has 0 amide bonds. The van der Waals surface area contributed by atoms with Crippen molar-refractivity contribution in [2.45, 2.75) is 6.61 Å².